The van der Waals surface area contributed by atoms with Crippen molar-refractivity contribution in [1.82, 2.24) is 5.32 Å². The first-order valence-electron chi connectivity index (χ1n) is 6.60. The van der Waals surface area contributed by atoms with Gasteiger partial charge < -0.3 is 10.6 Å². The highest BCUT2D eigenvalue weighted by molar-refractivity contribution is 6.42. The molecule has 0 heterocycles. The second-order valence-electron chi connectivity index (χ2n) is 4.52. The fraction of sp³-hybridized carbons (Fsp3) is 0.0588. The van der Waals surface area contributed by atoms with Crippen LogP contribution in [0.4, 0.5) is 5.69 Å². The van der Waals surface area contributed by atoms with Gasteiger partial charge in [0.05, 0.1) is 27.8 Å². The number of carbonyl (C=O) groups is 2. The molecule has 0 aliphatic rings. The Balaban J connectivity index is 2.23. The van der Waals surface area contributed by atoms with Crippen LogP contribution in [0.5, 0.6) is 0 Å². The lowest BCUT2D eigenvalue weighted by Crippen LogP contribution is -2.25. The second kappa shape index (κ2) is 7.68. The Kier molecular flexibility index (Phi) is 5.64. The number of halogens is 2. The van der Waals surface area contributed by atoms with Crippen LogP contribution in [0.15, 0.2) is 42.5 Å². The van der Waals surface area contributed by atoms with Gasteiger partial charge in [0.1, 0.15) is 0 Å². The Hall–Kier alpha value is -2.48. The van der Waals surface area contributed by atoms with Gasteiger partial charge in [-0.3, -0.25) is 9.59 Å². The van der Waals surface area contributed by atoms with Crippen molar-refractivity contribution < 1.29 is 9.59 Å². The number of amides is 2. The fourth-order valence-electron chi connectivity index (χ4n) is 1.85. The van der Waals surface area contributed by atoms with Crippen molar-refractivity contribution in [1.29, 1.82) is 0 Å². The molecule has 0 aliphatic carbocycles. The molecule has 4 nitrogen and oxygen atoms in total. The fourth-order valence-corrected chi connectivity index (χ4v) is 2.15. The summed E-state index contributed by atoms with van der Waals surface area (Å²) in [6, 6.07) is 11.2. The molecule has 0 bridgehead atoms. The van der Waals surface area contributed by atoms with Gasteiger partial charge in [0, 0.05) is 5.56 Å². The van der Waals surface area contributed by atoms with Gasteiger partial charge >= 0.3 is 0 Å². The van der Waals surface area contributed by atoms with Gasteiger partial charge in [0.2, 0.25) is 0 Å². The molecule has 0 aromatic heterocycles. The van der Waals surface area contributed by atoms with Crippen LogP contribution in [-0.4, -0.2) is 18.4 Å². The van der Waals surface area contributed by atoms with Gasteiger partial charge in [-0.2, -0.15) is 0 Å². The molecule has 116 valence electrons. The van der Waals surface area contributed by atoms with Crippen LogP contribution < -0.4 is 10.6 Å². The minimum atomic E-state index is -0.402. The summed E-state index contributed by atoms with van der Waals surface area (Å²) < 4.78 is 0. The van der Waals surface area contributed by atoms with Gasteiger partial charge in [-0.1, -0.05) is 41.3 Å². The highest BCUT2D eigenvalue weighted by atomic mass is 35.5. The van der Waals surface area contributed by atoms with Crippen molar-refractivity contribution in [2.45, 2.75) is 0 Å². The molecular weight excluding hydrogens is 335 g/mol. The van der Waals surface area contributed by atoms with Gasteiger partial charge in [0.15, 0.2) is 0 Å². The number of hydrogen-bond acceptors (Lipinski definition) is 2. The van der Waals surface area contributed by atoms with Crippen LogP contribution in [0.2, 0.25) is 10.0 Å². The molecule has 6 heteroatoms. The Morgan fingerprint density at radius 1 is 1.04 bits per heavy atom. The van der Waals surface area contributed by atoms with Crippen molar-refractivity contribution in [3.8, 4) is 12.3 Å². The Labute approximate surface area is 143 Å². The third-order valence-electron chi connectivity index (χ3n) is 2.95. The third kappa shape index (κ3) is 4.26. The lowest BCUT2D eigenvalue weighted by molar-refractivity contribution is 0.0959. The van der Waals surface area contributed by atoms with E-state index in [4.69, 9.17) is 29.6 Å². The SMILES string of the molecule is C#CCNC(=O)c1ccccc1NC(=O)c1ccc(Cl)c(Cl)c1. The first-order chi connectivity index (χ1) is 11.0. The average molecular weight is 347 g/mol. The quantitative estimate of drug-likeness (QED) is 0.830. The summed E-state index contributed by atoms with van der Waals surface area (Å²) in [7, 11) is 0. The molecule has 0 saturated heterocycles. The van der Waals surface area contributed by atoms with E-state index >= 15 is 0 Å². The van der Waals surface area contributed by atoms with Crippen LogP contribution in [-0.2, 0) is 0 Å². The molecule has 23 heavy (non-hydrogen) atoms. The maximum atomic E-state index is 12.3. The summed E-state index contributed by atoms with van der Waals surface area (Å²) in [6.45, 7) is 0.105. The predicted molar refractivity (Wildman–Crippen MR) is 92.0 cm³/mol. The summed E-state index contributed by atoms with van der Waals surface area (Å²) in [5.74, 6) is 1.55. The summed E-state index contributed by atoms with van der Waals surface area (Å²) in [6.07, 6.45) is 5.12. The standard InChI is InChI=1S/C17H12Cl2N2O2/c1-2-9-20-17(23)12-5-3-4-6-15(12)21-16(22)11-7-8-13(18)14(19)10-11/h1,3-8,10H,9H2,(H,20,23)(H,21,22). The normalized spacial score (nSPS) is 9.78. The lowest BCUT2D eigenvalue weighted by atomic mass is 10.1. The summed E-state index contributed by atoms with van der Waals surface area (Å²) in [5, 5.41) is 5.87. The van der Waals surface area contributed by atoms with Gasteiger partial charge in [-0.15, -0.1) is 6.42 Å². The van der Waals surface area contributed by atoms with E-state index in [1.165, 1.54) is 12.1 Å². The molecule has 0 unspecified atom stereocenters. The third-order valence-corrected chi connectivity index (χ3v) is 3.69. The van der Waals surface area contributed by atoms with Crippen LogP contribution in [0.25, 0.3) is 0 Å². The molecule has 2 aromatic rings. The van der Waals surface area contributed by atoms with Gasteiger partial charge in [0.25, 0.3) is 11.8 Å². The Bertz CT molecular complexity index is 797. The average Bonchev–Trinajstić information content (AvgIpc) is 2.55. The number of nitrogens with one attached hydrogen (secondary N) is 2. The van der Waals surface area contributed by atoms with Crippen molar-refractivity contribution in [2.75, 3.05) is 11.9 Å². The van der Waals surface area contributed by atoms with E-state index in [1.54, 1.807) is 30.3 Å². The van der Waals surface area contributed by atoms with Crippen molar-refractivity contribution in [2.24, 2.45) is 0 Å². The number of hydrogen-bond donors (Lipinski definition) is 2. The Morgan fingerprint density at radius 2 is 1.78 bits per heavy atom. The number of carbonyl (C=O) groups excluding carboxylic acids is 2. The smallest absolute Gasteiger partial charge is 0.255 e. The molecule has 0 aliphatic heterocycles. The van der Waals surface area contributed by atoms with Crippen LogP contribution in [0.1, 0.15) is 20.7 Å². The Morgan fingerprint density at radius 3 is 2.48 bits per heavy atom. The van der Waals surface area contributed by atoms with E-state index in [0.29, 0.717) is 21.8 Å². The first-order valence-corrected chi connectivity index (χ1v) is 7.35. The molecule has 0 saturated carbocycles. The zero-order valence-electron chi connectivity index (χ0n) is 11.9. The maximum Gasteiger partial charge on any atom is 0.255 e. The minimum Gasteiger partial charge on any atom is -0.341 e. The molecule has 0 spiro atoms. The first kappa shape index (κ1) is 16.9. The summed E-state index contributed by atoms with van der Waals surface area (Å²) >= 11 is 11.7. The van der Waals surface area contributed by atoms with Crippen LogP contribution >= 0.6 is 23.2 Å². The van der Waals surface area contributed by atoms with E-state index in [9.17, 15) is 9.59 Å². The summed E-state index contributed by atoms with van der Waals surface area (Å²) in [5.41, 5.74) is 1.02. The highest BCUT2D eigenvalue weighted by Gasteiger charge is 2.14. The number of benzene rings is 2. The molecule has 2 amide bonds. The van der Waals surface area contributed by atoms with Crippen molar-refractivity contribution in [3.05, 3.63) is 63.6 Å². The topological polar surface area (TPSA) is 58.2 Å². The largest absolute Gasteiger partial charge is 0.341 e. The number of terminal acetylenes is 1. The zero-order valence-corrected chi connectivity index (χ0v) is 13.4. The molecule has 0 radical (unpaired) electrons. The zero-order chi connectivity index (χ0) is 16.8. The van der Waals surface area contributed by atoms with Crippen LogP contribution in [0.3, 0.4) is 0 Å². The van der Waals surface area contributed by atoms with E-state index in [1.807, 2.05) is 0 Å². The van der Waals surface area contributed by atoms with E-state index in [2.05, 4.69) is 16.6 Å². The molecule has 2 rings (SSSR count). The lowest BCUT2D eigenvalue weighted by Gasteiger charge is -2.11. The van der Waals surface area contributed by atoms with Crippen LogP contribution in [0, 0.1) is 12.3 Å². The molecule has 2 aromatic carbocycles. The number of anilines is 1. The predicted octanol–water partition coefficient (Wildman–Crippen LogP) is 3.61. The molecule has 0 fully saturated rings. The minimum absolute atomic E-state index is 0.105. The van der Waals surface area contributed by atoms with Crippen molar-refractivity contribution in [3.63, 3.8) is 0 Å². The molecular formula is C17H12Cl2N2O2. The van der Waals surface area contributed by atoms with E-state index in [-0.39, 0.29) is 17.5 Å². The van der Waals surface area contributed by atoms with Gasteiger partial charge in [-0.25, -0.2) is 0 Å². The number of rotatable bonds is 4. The van der Waals surface area contributed by atoms with Crippen molar-refractivity contribution >= 4 is 40.7 Å². The maximum absolute atomic E-state index is 12.3. The number of para-hydroxylation sites is 1. The monoisotopic (exact) mass is 346 g/mol. The van der Waals surface area contributed by atoms with E-state index in [0.717, 1.165) is 0 Å². The van der Waals surface area contributed by atoms with Gasteiger partial charge in [-0.05, 0) is 30.3 Å². The molecule has 2 N–H and O–H groups in total. The summed E-state index contributed by atoms with van der Waals surface area (Å²) in [4.78, 5) is 24.3. The van der Waals surface area contributed by atoms with E-state index < -0.39 is 5.91 Å². The molecule has 0 atom stereocenters. The highest BCUT2D eigenvalue weighted by Crippen LogP contribution is 2.23. The second-order valence-corrected chi connectivity index (χ2v) is 5.33.